The topological polar surface area (TPSA) is 265 Å². The van der Waals surface area contributed by atoms with Gasteiger partial charge in [0.2, 0.25) is 0 Å². The molecule has 0 aromatic rings. The highest BCUT2D eigenvalue weighted by Crippen LogP contribution is 2.41. The van der Waals surface area contributed by atoms with Crippen molar-refractivity contribution in [2.45, 2.75) is 283 Å². The summed E-state index contributed by atoms with van der Waals surface area (Å²) in [6.07, 6.45) is 16.1. The molecule has 6 fully saturated rings. The zero-order chi connectivity index (χ0) is 70.3. The molecular formula is C69H110N6O16. The van der Waals surface area contributed by atoms with Crippen molar-refractivity contribution in [3.8, 4) is 0 Å². The number of hydrogen-bond acceptors (Lipinski definition) is 16. The molecule has 0 aromatic carbocycles. The molecule has 9 atom stereocenters. The zero-order valence-corrected chi connectivity index (χ0v) is 58.1. The van der Waals surface area contributed by atoms with Crippen molar-refractivity contribution in [2.24, 2.45) is 5.41 Å². The first-order chi connectivity index (χ1) is 41.7. The van der Waals surface area contributed by atoms with Crippen LogP contribution in [0.25, 0.3) is 0 Å². The number of likely N-dealkylation sites (tertiary alicyclic amines) is 5. The number of aliphatic carboxylic acids is 1. The van der Waals surface area contributed by atoms with Crippen molar-refractivity contribution < 1.29 is 76.7 Å². The molecule has 5 amide bonds. The Morgan fingerprint density at radius 2 is 0.747 bits per heavy atom. The fourth-order valence-electron chi connectivity index (χ4n) is 11.8. The largest absolute Gasteiger partial charge is 0.479 e. The SMILES string of the molecule is C=C[C@@H]1CC[C@@H](C(=O)OC(C)(C)C)N1C(=O)[C@]1(C=C)CCCN1C(=O)OC(C)(C)C.C=C[C@@H]1CC[C@@H](C(C)(C)C)N1.C=C[C@@H]1CC[C@H](C(=O)OC(C)(C)C)N1C(=O)[C@]1(C=C)CCCN1C(=O)OC(C)(C)C.C=C[C@@]1(C(=O)O)CCCN1C(=O)OC(C)(C)C.O=C=O. The van der Waals surface area contributed by atoms with Gasteiger partial charge in [-0.2, -0.15) is 9.59 Å². The Morgan fingerprint density at radius 3 is 0.978 bits per heavy atom. The van der Waals surface area contributed by atoms with Crippen LogP contribution >= 0.6 is 0 Å². The lowest BCUT2D eigenvalue weighted by atomic mass is 9.86. The number of rotatable bonds is 11. The average Bonchev–Trinajstić information content (AvgIpc) is 1.67. The molecule has 6 saturated heterocycles. The highest BCUT2D eigenvalue weighted by Gasteiger charge is 2.57. The summed E-state index contributed by atoms with van der Waals surface area (Å²) in [4.78, 5) is 126. The Labute approximate surface area is 542 Å². The van der Waals surface area contributed by atoms with E-state index >= 15 is 0 Å². The van der Waals surface area contributed by atoms with E-state index in [0.717, 1.165) is 0 Å². The summed E-state index contributed by atoms with van der Waals surface area (Å²) in [6, 6.07) is -0.846. The summed E-state index contributed by atoms with van der Waals surface area (Å²) in [5, 5.41) is 12.8. The molecule has 512 valence electrons. The van der Waals surface area contributed by atoms with E-state index in [-0.39, 0.29) is 30.0 Å². The second-order valence-corrected chi connectivity index (χ2v) is 29.8. The third-order valence-corrected chi connectivity index (χ3v) is 16.0. The maximum absolute atomic E-state index is 13.9. The van der Waals surface area contributed by atoms with Crippen molar-refractivity contribution in [2.75, 3.05) is 19.6 Å². The molecule has 6 aliphatic heterocycles. The van der Waals surface area contributed by atoms with Gasteiger partial charge in [0.1, 0.15) is 51.2 Å². The second-order valence-electron chi connectivity index (χ2n) is 29.8. The minimum atomic E-state index is -1.32. The van der Waals surface area contributed by atoms with Gasteiger partial charge in [0, 0.05) is 31.7 Å². The van der Waals surface area contributed by atoms with Gasteiger partial charge in [-0.25, -0.2) is 28.8 Å². The van der Waals surface area contributed by atoms with E-state index in [4.69, 9.17) is 33.3 Å². The van der Waals surface area contributed by atoms with Gasteiger partial charge in [0.05, 0.1) is 12.1 Å². The van der Waals surface area contributed by atoms with Gasteiger partial charge >= 0.3 is 42.3 Å². The molecule has 0 aliphatic carbocycles. The highest BCUT2D eigenvalue weighted by molar-refractivity contribution is 5.97. The van der Waals surface area contributed by atoms with E-state index < -0.39 is 92.9 Å². The Balaban J connectivity index is 0.000000431. The lowest BCUT2D eigenvalue weighted by molar-refractivity contribution is -0.192. The maximum Gasteiger partial charge on any atom is 0.411 e. The number of carbonyl (C=O) groups is 8. The lowest BCUT2D eigenvalue weighted by Crippen LogP contribution is -2.61. The molecule has 91 heavy (non-hydrogen) atoms. The first-order valence-electron chi connectivity index (χ1n) is 31.6. The third kappa shape index (κ3) is 21.5. The van der Waals surface area contributed by atoms with Crippen LogP contribution in [-0.2, 0) is 57.2 Å². The monoisotopic (exact) mass is 1280 g/mol. The molecule has 2 N–H and O–H groups in total. The molecule has 0 spiro atoms. The molecule has 6 aliphatic rings. The number of hydrogen-bond donors (Lipinski definition) is 2. The molecule has 0 aromatic heterocycles. The Hall–Kier alpha value is -7.06. The van der Waals surface area contributed by atoms with Crippen LogP contribution in [0.5, 0.6) is 0 Å². The first-order valence-corrected chi connectivity index (χ1v) is 31.6. The number of carboxylic acids is 1. The van der Waals surface area contributed by atoms with Crippen LogP contribution in [0.2, 0.25) is 0 Å². The van der Waals surface area contributed by atoms with E-state index in [1.165, 1.54) is 55.6 Å². The number of carbonyl (C=O) groups excluding carboxylic acids is 9. The standard InChI is InChI=1S/2C23H36N2O5.C12H19NO4.C10H19N.CO2/c2*1-9-16-12-13-17(18(26)29-21(3,4)5)25(16)19(27)23(10-2)14-11-15-24(23)20(28)30-22(6,7)8;1-5-12(9(14)15)7-6-8-13(12)10(16)17-11(2,3)4;1-5-8-6-7-9(11-8)10(2,3)4;2-1-3/h2*9-10,16-17H,1-2,11-15H2,3-8H3;5H,1,6-8H2,2-4H3,(H,14,15);5,8-9,11H,1,6-7H2,2-4H3;/t16-,17+,23+;16-,17-,23+;12-;8-,9+;/m1101./s1. The number of nitrogens with zero attached hydrogens (tertiary/aromatic N) is 5. The number of nitrogens with one attached hydrogen (secondary N) is 1. The fourth-order valence-corrected chi connectivity index (χ4v) is 11.8. The lowest BCUT2D eigenvalue weighted by Gasteiger charge is -2.41. The van der Waals surface area contributed by atoms with Crippen LogP contribution in [0.1, 0.15) is 202 Å². The van der Waals surface area contributed by atoms with E-state index in [2.05, 4.69) is 65.6 Å². The quantitative estimate of drug-likeness (QED) is 0.111. The second kappa shape index (κ2) is 32.0. The summed E-state index contributed by atoms with van der Waals surface area (Å²) in [6.45, 7) is 57.5. The normalized spacial score (nSPS) is 26.4. The Bertz CT molecular complexity index is 2560. The minimum Gasteiger partial charge on any atom is -0.479 e. The number of esters is 2. The van der Waals surface area contributed by atoms with Crippen LogP contribution in [0.15, 0.2) is 75.9 Å². The van der Waals surface area contributed by atoms with Gasteiger partial charge in [0.25, 0.3) is 11.8 Å². The fraction of sp³-hybridized carbons (Fsp3) is 0.696. The molecule has 22 nitrogen and oxygen atoms in total. The van der Waals surface area contributed by atoms with Crippen molar-refractivity contribution in [1.82, 2.24) is 29.8 Å². The zero-order valence-electron chi connectivity index (χ0n) is 58.1. The third-order valence-electron chi connectivity index (χ3n) is 16.0. The molecular weight excluding hydrogens is 1170 g/mol. The van der Waals surface area contributed by atoms with Crippen LogP contribution in [0, 0.1) is 5.41 Å². The summed E-state index contributed by atoms with van der Waals surface area (Å²) in [5.74, 6) is -2.61. The smallest absolute Gasteiger partial charge is 0.411 e. The summed E-state index contributed by atoms with van der Waals surface area (Å²) in [5.41, 5.74) is -6.76. The number of amides is 5. The van der Waals surface area contributed by atoms with Crippen LogP contribution in [0.4, 0.5) is 14.4 Å². The minimum absolute atomic E-state index is 0.250. The van der Waals surface area contributed by atoms with Crippen LogP contribution in [-0.4, -0.2) is 184 Å². The average molecular weight is 1280 g/mol. The first kappa shape index (κ1) is 80.0. The maximum atomic E-state index is 13.9. The molecule has 0 saturated carbocycles. The van der Waals surface area contributed by atoms with Crippen LogP contribution < -0.4 is 5.32 Å². The van der Waals surface area contributed by atoms with E-state index in [0.29, 0.717) is 101 Å². The predicted molar refractivity (Wildman–Crippen MR) is 347 cm³/mol. The highest BCUT2D eigenvalue weighted by atomic mass is 16.6. The van der Waals surface area contributed by atoms with Gasteiger partial charge in [-0.1, -0.05) is 57.2 Å². The summed E-state index contributed by atoms with van der Waals surface area (Å²) >= 11 is 0. The van der Waals surface area contributed by atoms with Gasteiger partial charge in [-0.3, -0.25) is 24.3 Å². The molecule has 0 unspecified atom stereocenters. The van der Waals surface area contributed by atoms with E-state index in [1.54, 1.807) is 116 Å². The molecule has 0 bridgehead atoms. The van der Waals surface area contributed by atoms with E-state index in [9.17, 15) is 43.5 Å². The summed E-state index contributed by atoms with van der Waals surface area (Å²) in [7, 11) is 0. The van der Waals surface area contributed by atoms with Gasteiger partial charge in [-0.15, -0.1) is 39.5 Å². The predicted octanol–water partition coefficient (Wildman–Crippen LogP) is 11.4. The van der Waals surface area contributed by atoms with Gasteiger partial charge < -0.3 is 43.9 Å². The van der Waals surface area contributed by atoms with Crippen LogP contribution in [0.3, 0.4) is 0 Å². The van der Waals surface area contributed by atoms with Crippen molar-refractivity contribution in [1.29, 1.82) is 0 Å². The number of ether oxygens (including phenoxy) is 5. The molecule has 6 rings (SSSR count). The Kier molecular flexibility index (Phi) is 28.1. The van der Waals surface area contributed by atoms with Gasteiger partial charge in [0.15, 0.2) is 5.54 Å². The molecule has 6 heterocycles. The van der Waals surface area contributed by atoms with Crippen molar-refractivity contribution >= 4 is 54.2 Å². The van der Waals surface area contributed by atoms with Gasteiger partial charge in [-0.05, 0) is 186 Å². The number of carboxylic acid groups (broad SMARTS) is 1. The molecule has 22 heteroatoms. The summed E-state index contributed by atoms with van der Waals surface area (Å²) < 4.78 is 27.4. The van der Waals surface area contributed by atoms with E-state index in [1.807, 2.05) is 6.08 Å². The molecule has 0 radical (unpaired) electrons. The van der Waals surface area contributed by atoms with Crippen molar-refractivity contribution in [3.05, 3.63) is 75.9 Å². The Morgan fingerprint density at radius 1 is 0.451 bits per heavy atom. The van der Waals surface area contributed by atoms with Crippen molar-refractivity contribution in [3.63, 3.8) is 0 Å².